The Labute approximate surface area is 123 Å². The minimum absolute atomic E-state index is 0.151. The molecule has 6 heteroatoms. The number of benzene rings is 1. The first kappa shape index (κ1) is 16.6. The van der Waals surface area contributed by atoms with Crippen molar-refractivity contribution < 1.29 is 17.3 Å². The van der Waals surface area contributed by atoms with Gasteiger partial charge in [-0.3, -0.25) is 4.18 Å². The zero-order valence-corrected chi connectivity index (χ0v) is 13.9. The lowest BCUT2D eigenvalue weighted by atomic mass is 10.0. The Morgan fingerprint density at radius 1 is 1.26 bits per heavy atom. The summed E-state index contributed by atoms with van der Waals surface area (Å²) in [5, 5.41) is 0. The molecule has 1 aromatic rings. The molecule has 0 aliphatic carbocycles. The molecule has 0 radical (unpaired) electrons. The van der Waals surface area contributed by atoms with Gasteiger partial charge in [0, 0.05) is 18.0 Å². The maximum absolute atomic E-state index is 12.0. The third-order valence-corrected chi connectivity index (χ3v) is 4.68. The minimum Gasteiger partial charge on any atom is -0.379 e. The Bertz CT molecular complexity index is 508. The van der Waals surface area contributed by atoms with E-state index in [1.807, 2.05) is 13.8 Å². The predicted octanol–water partition coefficient (Wildman–Crippen LogP) is 3.36. The molecule has 0 saturated carbocycles. The van der Waals surface area contributed by atoms with Crippen LogP contribution in [0.4, 0.5) is 0 Å². The van der Waals surface area contributed by atoms with Crippen molar-refractivity contribution in [2.24, 2.45) is 0 Å². The van der Waals surface area contributed by atoms with E-state index >= 15 is 0 Å². The van der Waals surface area contributed by atoms with Gasteiger partial charge >= 0.3 is 0 Å². The molecule has 19 heavy (non-hydrogen) atoms. The summed E-state index contributed by atoms with van der Waals surface area (Å²) < 4.78 is 35.4. The first-order valence-corrected chi connectivity index (χ1v) is 8.10. The van der Waals surface area contributed by atoms with Crippen molar-refractivity contribution in [2.45, 2.75) is 43.8 Å². The number of hydrogen-bond acceptors (Lipinski definition) is 4. The van der Waals surface area contributed by atoms with Crippen LogP contribution < -0.4 is 0 Å². The van der Waals surface area contributed by atoms with E-state index in [9.17, 15) is 8.42 Å². The van der Waals surface area contributed by atoms with Crippen LogP contribution in [0.15, 0.2) is 33.6 Å². The molecule has 0 aliphatic heterocycles. The average molecular weight is 351 g/mol. The molecule has 108 valence electrons. The molecule has 1 unspecified atom stereocenters. The van der Waals surface area contributed by atoms with E-state index in [1.54, 1.807) is 26.2 Å². The SMILES string of the molecule is COC(C)(C)CC(C)OS(=O)(=O)c1ccc(Br)cc1. The highest BCUT2D eigenvalue weighted by atomic mass is 79.9. The Morgan fingerprint density at radius 2 is 1.79 bits per heavy atom. The molecule has 0 aromatic heterocycles. The quantitative estimate of drug-likeness (QED) is 0.738. The van der Waals surface area contributed by atoms with Gasteiger partial charge in [-0.1, -0.05) is 15.9 Å². The molecule has 0 spiro atoms. The topological polar surface area (TPSA) is 52.6 Å². The average Bonchev–Trinajstić information content (AvgIpc) is 2.28. The van der Waals surface area contributed by atoms with Gasteiger partial charge in [0.15, 0.2) is 0 Å². The summed E-state index contributed by atoms with van der Waals surface area (Å²) in [7, 11) is -2.14. The fraction of sp³-hybridized carbons (Fsp3) is 0.538. The summed E-state index contributed by atoms with van der Waals surface area (Å²) in [6, 6.07) is 6.35. The summed E-state index contributed by atoms with van der Waals surface area (Å²) in [5.74, 6) is 0. The summed E-state index contributed by atoms with van der Waals surface area (Å²) in [5.41, 5.74) is -0.422. The molecule has 1 atom stereocenters. The molecule has 4 nitrogen and oxygen atoms in total. The zero-order valence-electron chi connectivity index (χ0n) is 11.5. The molecule has 0 N–H and O–H groups in total. The number of halogens is 1. The van der Waals surface area contributed by atoms with Crippen LogP contribution in [0.25, 0.3) is 0 Å². The van der Waals surface area contributed by atoms with Gasteiger partial charge in [0.25, 0.3) is 10.1 Å². The van der Waals surface area contributed by atoms with Crippen LogP contribution in [0.2, 0.25) is 0 Å². The van der Waals surface area contributed by atoms with Gasteiger partial charge in [-0.05, 0) is 45.0 Å². The largest absolute Gasteiger partial charge is 0.379 e. The Kier molecular flexibility index (Phi) is 5.55. The fourth-order valence-electron chi connectivity index (χ4n) is 1.68. The molecule has 0 heterocycles. The highest BCUT2D eigenvalue weighted by molar-refractivity contribution is 9.10. The van der Waals surface area contributed by atoms with Crippen molar-refractivity contribution in [3.05, 3.63) is 28.7 Å². The third kappa shape index (κ3) is 5.22. The van der Waals surface area contributed by atoms with Crippen molar-refractivity contribution in [3.63, 3.8) is 0 Å². The second kappa shape index (κ2) is 6.35. The highest BCUT2D eigenvalue weighted by Crippen LogP contribution is 2.22. The molecule has 0 bridgehead atoms. The van der Waals surface area contributed by atoms with E-state index in [4.69, 9.17) is 8.92 Å². The van der Waals surface area contributed by atoms with E-state index in [2.05, 4.69) is 15.9 Å². The first-order chi connectivity index (χ1) is 8.66. The monoisotopic (exact) mass is 350 g/mol. The van der Waals surface area contributed by atoms with Crippen LogP contribution in [0.3, 0.4) is 0 Å². The highest BCUT2D eigenvalue weighted by Gasteiger charge is 2.25. The molecule has 0 amide bonds. The normalized spacial score (nSPS) is 14.4. The lowest BCUT2D eigenvalue weighted by molar-refractivity contribution is -0.00896. The number of methoxy groups -OCH3 is 1. The second-order valence-corrected chi connectivity index (χ2v) is 7.47. The second-order valence-electron chi connectivity index (χ2n) is 4.98. The van der Waals surface area contributed by atoms with Gasteiger partial charge in [0.05, 0.1) is 16.6 Å². The van der Waals surface area contributed by atoms with Crippen LogP contribution in [0.1, 0.15) is 27.2 Å². The third-order valence-electron chi connectivity index (χ3n) is 2.72. The first-order valence-electron chi connectivity index (χ1n) is 5.90. The van der Waals surface area contributed by atoms with Gasteiger partial charge in [-0.15, -0.1) is 0 Å². The number of rotatable bonds is 6. The maximum Gasteiger partial charge on any atom is 0.297 e. The lowest BCUT2D eigenvalue weighted by Gasteiger charge is -2.26. The van der Waals surface area contributed by atoms with Gasteiger partial charge in [-0.25, -0.2) is 0 Å². The molecule has 0 fully saturated rings. The van der Waals surface area contributed by atoms with E-state index in [-0.39, 0.29) is 4.90 Å². The Morgan fingerprint density at radius 3 is 2.26 bits per heavy atom. The van der Waals surface area contributed by atoms with Crippen LogP contribution in [-0.2, 0) is 19.0 Å². The van der Waals surface area contributed by atoms with Crippen LogP contribution in [0, 0.1) is 0 Å². The number of hydrogen-bond donors (Lipinski definition) is 0. The van der Waals surface area contributed by atoms with Crippen molar-refractivity contribution in [3.8, 4) is 0 Å². The van der Waals surface area contributed by atoms with Crippen LogP contribution in [-0.4, -0.2) is 27.2 Å². The van der Waals surface area contributed by atoms with Crippen molar-refractivity contribution >= 4 is 26.0 Å². The van der Waals surface area contributed by atoms with Gasteiger partial charge < -0.3 is 4.74 Å². The van der Waals surface area contributed by atoms with Gasteiger partial charge in [0.1, 0.15) is 0 Å². The molecule has 0 aliphatic rings. The van der Waals surface area contributed by atoms with Gasteiger partial charge in [-0.2, -0.15) is 8.42 Å². The summed E-state index contributed by atoms with van der Waals surface area (Å²) >= 11 is 3.26. The van der Waals surface area contributed by atoms with Gasteiger partial charge in [0.2, 0.25) is 0 Å². The van der Waals surface area contributed by atoms with E-state index in [0.717, 1.165) is 4.47 Å². The van der Waals surface area contributed by atoms with E-state index in [0.29, 0.717) is 6.42 Å². The molecular weight excluding hydrogens is 332 g/mol. The summed E-state index contributed by atoms with van der Waals surface area (Å²) in [6.07, 6.45) is 0.0304. The summed E-state index contributed by atoms with van der Waals surface area (Å²) in [6.45, 7) is 5.50. The Balaban J connectivity index is 2.77. The molecule has 0 saturated heterocycles. The smallest absolute Gasteiger partial charge is 0.297 e. The standard InChI is InChI=1S/C13H19BrO4S/c1-10(9-13(2,3)17-4)18-19(15,16)12-7-5-11(14)6-8-12/h5-8,10H,9H2,1-4H3. The fourth-order valence-corrected chi connectivity index (χ4v) is 3.03. The van der Waals surface area contributed by atoms with Crippen LogP contribution >= 0.6 is 15.9 Å². The van der Waals surface area contributed by atoms with Crippen molar-refractivity contribution in [1.29, 1.82) is 0 Å². The van der Waals surface area contributed by atoms with E-state index < -0.39 is 21.8 Å². The van der Waals surface area contributed by atoms with Crippen molar-refractivity contribution in [2.75, 3.05) is 7.11 Å². The van der Waals surface area contributed by atoms with E-state index in [1.165, 1.54) is 12.1 Å². The minimum atomic E-state index is -3.73. The van der Waals surface area contributed by atoms with Crippen molar-refractivity contribution in [1.82, 2.24) is 0 Å². The lowest BCUT2D eigenvalue weighted by Crippen LogP contribution is -2.30. The Hall–Kier alpha value is -0.430. The number of ether oxygens (including phenoxy) is 1. The summed E-state index contributed by atoms with van der Waals surface area (Å²) in [4.78, 5) is 0.151. The zero-order chi connectivity index (χ0) is 14.7. The van der Waals surface area contributed by atoms with Crippen LogP contribution in [0.5, 0.6) is 0 Å². The maximum atomic E-state index is 12.0. The molecular formula is C13H19BrO4S. The molecule has 1 rings (SSSR count). The predicted molar refractivity (Wildman–Crippen MR) is 77.6 cm³/mol. The molecule has 1 aromatic carbocycles.